The predicted octanol–water partition coefficient (Wildman–Crippen LogP) is 2.47. The maximum absolute atomic E-state index is 9.09. The number of nitrogens with zero attached hydrogens (tertiary/aromatic N) is 1. The van der Waals surface area contributed by atoms with Crippen molar-refractivity contribution in [1.82, 2.24) is 4.90 Å². The summed E-state index contributed by atoms with van der Waals surface area (Å²) in [6, 6.07) is 11.3. The molecule has 2 heteroatoms. The molecule has 1 aliphatic heterocycles. The third kappa shape index (κ3) is 3.83. The van der Waals surface area contributed by atoms with E-state index in [4.69, 9.17) is 5.11 Å². The van der Waals surface area contributed by atoms with Crippen molar-refractivity contribution in [2.24, 2.45) is 0 Å². The molecule has 94 valence electrons. The van der Waals surface area contributed by atoms with Gasteiger partial charge in [0.2, 0.25) is 0 Å². The molecule has 1 atom stereocenters. The van der Waals surface area contributed by atoms with Gasteiger partial charge in [0.05, 0.1) is 0 Å². The Kier molecular flexibility index (Phi) is 5.02. The number of aliphatic hydroxyl groups is 1. The zero-order valence-corrected chi connectivity index (χ0v) is 10.5. The molecule has 1 heterocycles. The van der Waals surface area contributed by atoms with Crippen LogP contribution in [0.15, 0.2) is 30.3 Å². The standard InChI is InChI=1S/C15H23NO/c17-13-10-15-8-4-5-11-16(15)12-9-14-6-2-1-3-7-14/h1-3,6-7,15,17H,4-5,8-13H2. The molecular weight excluding hydrogens is 210 g/mol. The van der Waals surface area contributed by atoms with E-state index in [9.17, 15) is 0 Å². The van der Waals surface area contributed by atoms with Crippen LogP contribution in [0, 0.1) is 0 Å². The van der Waals surface area contributed by atoms with Gasteiger partial charge in [0.15, 0.2) is 0 Å². The molecule has 0 radical (unpaired) electrons. The van der Waals surface area contributed by atoms with Gasteiger partial charge in [-0.3, -0.25) is 4.90 Å². The average Bonchev–Trinajstić information content (AvgIpc) is 2.39. The molecule has 1 aliphatic rings. The molecule has 1 aromatic carbocycles. The Labute approximate surface area is 104 Å². The van der Waals surface area contributed by atoms with Gasteiger partial charge in [-0.15, -0.1) is 0 Å². The first-order valence-corrected chi connectivity index (χ1v) is 6.79. The molecule has 2 nitrogen and oxygen atoms in total. The molecule has 1 unspecified atom stereocenters. The van der Waals surface area contributed by atoms with E-state index >= 15 is 0 Å². The van der Waals surface area contributed by atoms with Crippen LogP contribution < -0.4 is 0 Å². The summed E-state index contributed by atoms with van der Waals surface area (Å²) < 4.78 is 0. The third-order valence-corrected chi connectivity index (χ3v) is 3.74. The Morgan fingerprint density at radius 1 is 1.18 bits per heavy atom. The maximum atomic E-state index is 9.09. The first kappa shape index (κ1) is 12.6. The van der Waals surface area contributed by atoms with E-state index in [1.54, 1.807) is 0 Å². The predicted molar refractivity (Wildman–Crippen MR) is 71.1 cm³/mol. The highest BCUT2D eigenvalue weighted by Crippen LogP contribution is 2.19. The summed E-state index contributed by atoms with van der Waals surface area (Å²) in [5.74, 6) is 0. The second-order valence-electron chi connectivity index (χ2n) is 4.93. The largest absolute Gasteiger partial charge is 0.396 e. The van der Waals surface area contributed by atoms with Crippen molar-refractivity contribution in [3.05, 3.63) is 35.9 Å². The fourth-order valence-electron chi connectivity index (χ4n) is 2.75. The highest BCUT2D eigenvalue weighted by atomic mass is 16.3. The molecule has 0 amide bonds. The molecular formula is C15H23NO. The van der Waals surface area contributed by atoms with Crippen LogP contribution in [-0.2, 0) is 6.42 Å². The van der Waals surface area contributed by atoms with Crippen molar-refractivity contribution < 1.29 is 5.11 Å². The van der Waals surface area contributed by atoms with Gasteiger partial charge in [0.25, 0.3) is 0 Å². The molecule has 17 heavy (non-hydrogen) atoms. The quantitative estimate of drug-likeness (QED) is 0.844. The van der Waals surface area contributed by atoms with E-state index in [0.29, 0.717) is 12.6 Å². The number of hydrogen-bond donors (Lipinski definition) is 1. The Balaban J connectivity index is 1.84. The van der Waals surface area contributed by atoms with Crippen LogP contribution >= 0.6 is 0 Å². The normalized spacial score (nSPS) is 21.6. The molecule has 0 aromatic heterocycles. The van der Waals surface area contributed by atoms with Crippen LogP contribution in [-0.4, -0.2) is 35.7 Å². The number of hydrogen-bond acceptors (Lipinski definition) is 2. The van der Waals surface area contributed by atoms with Crippen molar-refractivity contribution >= 4 is 0 Å². The second kappa shape index (κ2) is 6.77. The molecule has 1 N–H and O–H groups in total. The minimum absolute atomic E-state index is 0.326. The molecule has 0 saturated carbocycles. The molecule has 1 aromatic rings. The average molecular weight is 233 g/mol. The Morgan fingerprint density at radius 2 is 2.00 bits per heavy atom. The summed E-state index contributed by atoms with van der Waals surface area (Å²) in [5.41, 5.74) is 1.42. The fourth-order valence-corrected chi connectivity index (χ4v) is 2.75. The Hall–Kier alpha value is -0.860. The number of piperidine rings is 1. The van der Waals surface area contributed by atoms with Crippen LogP contribution in [0.4, 0.5) is 0 Å². The number of likely N-dealkylation sites (tertiary alicyclic amines) is 1. The molecule has 1 fully saturated rings. The topological polar surface area (TPSA) is 23.5 Å². The van der Waals surface area contributed by atoms with E-state index in [0.717, 1.165) is 19.4 Å². The SMILES string of the molecule is OCCC1CCCCN1CCc1ccccc1. The lowest BCUT2D eigenvalue weighted by molar-refractivity contribution is 0.120. The molecule has 1 saturated heterocycles. The van der Waals surface area contributed by atoms with Gasteiger partial charge < -0.3 is 5.11 Å². The first-order chi connectivity index (χ1) is 8.40. The van der Waals surface area contributed by atoms with E-state index in [-0.39, 0.29) is 0 Å². The van der Waals surface area contributed by atoms with Gasteiger partial charge in [0, 0.05) is 19.2 Å². The molecule has 2 rings (SSSR count). The highest BCUT2D eigenvalue weighted by Gasteiger charge is 2.21. The van der Waals surface area contributed by atoms with Gasteiger partial charge in [-0.1, -0.05) is 36.8 Å². The lowest BCUT2D eigenvalue weighted by Gasteiger charge is -2.35. The van der Waals surface area contributed by atoms with Crippen LogP contribution in [0.3, 0.4) is 0 Å². The van der Waals surface area contributed by atoms with Gasteiger partial charge in [-0.25, -0.2) is 0 Å². The van der Waals surface area contributed by atoms with Crippen molar-refractivity contribution in [3.8, 4) is 0 Å². The van der Waals surface area contributed by atoms with E-state index in [1.165, 1.54) is 31.4 Å². The first-order valence-electron chi connectivity index (χ1n) is 6.79. The van der Waals surface area contributed by atoms with Crippen LogP contribution in [0.1, 0.15) is 31.2 Å². The number of benzene rings is 1. The van der Waals surface area contributed by atoms with Crippen LogP contribution in [0.5, 0.6) is 0 Å². The van der Waals surface area contributed by atoms with E-state index < -0.39 is 0 Å². The lowest BCUT2D eigenvalue weighted by Crippen LogP contribution is -2.41. The minimum Gasteiger partial charge on any atom is -0.396 e. The second-order valence-corrected chi connectivity index (χ2v) is 4.93. The van der Waals surface area contributed by atoms with Gasteiger partial charge in [0.1, 0.15) is 0 Å². The molecule has 0 aliphatic carbocycles. The van der Waals surface area contributed by atoms with Crippen LogP contribution in [0.2, 0.25) is 0 Å². The summed E-state index contributed by atoms with van der Waals surface area (Å²) >= 11 is 0. The summed E-state index contributed by atoms with van der Waals surface area (Å²) in [4.78, 5) is 2.56. The van der Waals surface area contributed by atoms with E-state index in [1.807, 2.05) is 0 Å². The zero-order chi connectivity index (χ0) is 11.9. The molecule has 0 spiro atoms. The summed E-state index contributed by atoms with van der Waals surface area (Å²) in [7, 11) is 0. The Bertz CT molecular complexity index is 310. The van der Waals surface area contributed by atoms with E-state index in [2.05, 4.69) is 35.2 Å². The van der Waals surface area contributed by atoms with Gasteiger partial charge >= 0.3 is 0 Å². The summed E-state index contributed by atoms with van der Waals surface area (Å²) in [6.45, 7) is 2.67. The van der Waals surface area contributed by atoms with Crippen molar-refractivity contribution in [3.63, 3.8) is 0 Å². The number of aliphatic hydroxyl groups excluding tert-OH is 1. The highest BCUT2D eigenvalue weighted by molar-refractivity contribution is 5.14. The van der Waals surface area contributed by atoms with Crippen molar-refractivity contribution in [2.45, 2.75) is 38.1 Å². The van der Waals surface area contributed by atoms with Crippen molar-refractivity contribution in [2.75, 3.05) is 19.7 Å². The Morgan fingerprint density at radius 3 is 2.76 bits per heavy atom. The lowest BCUT2D eigenvalue weighted by atomic mass is 9.99. The summed E-state index contributed by atoms with van der Waals surface area (Å²) in [6.07, 6.45) is 5.97. The molecule has 0 bridgehead atoms. The van der Waals surface area contributed by atoms with Gasteiger partial charge in [-0.05, 0) is 37.8 Å². The van der Waals surface area contributed by atoms with Crippen molar-refractivity contribution in [1.29, 1.82) is 0 Å². The van der Waals surface area contributed by atoms with Gasteiger partial charge in [-0.2, -0.15) is 0 Å². The summed E-state index contributed by atoms with van der Waals surface area (Å²) in [5, 5.41) is 9.09. The minimum atomic E-state index is 0.326. The fraction of sp³-hybridized carbons (Fsp3) is 0.600. The van der Waals surface area contributed by atoms with Crippen LogP contribution in [0.25, 0.3) is 0 Å². The third-order valence-electron chi connectivity index (χ3n) is 3.74. The monoisotopic (exact) mass is 233 g/mol. The zero-order valence-electron chi connectivity index (χ0n) is 10.5. The number of rotatable bonds is 5. The smallest absolute Gasteiger partial charge is 0.0445 e. The maximum Gasteiger partial charge on any atom is 0.0445 e.